The van der Waals surface area contributed by atoms with Gasteiger partial charge in [0.15, 0.2) is 0 Å². The van der Waals surface area contributed by atoms with E-state index in [1.165, 1.54) is 24.8 Å². The van der Waals surface area contributed by atoms with Crippen LogP contribution >= 0.6 is 0 Å². The number of rotatable bonds is 7. The molecule has 2 nitrogen and oxygen atoms in total. The molecule has 0 aromatic carbocycles. The summed E-state index contributed by atoms with van der Waals surface area (Å²) >= 11 is 0. The van der Waals surface area contributed by atoms with E-state index in [4.69, 9.17) is 0 Å². The van der Waals surface area contributed by atoms with Gasteiger partial charge in [0.2, 0.25) is 5.91 Å². The molecular weight excluding hydrogens is 222 g/mol. The van der Waals surface area contributed by atoms with Crippen molar-refractivity contribution in [1.29, 1.82) is 0 Å². The Kier molecular flexibility index (Phi) is 5.90. The minimum absolute atomic E-state index is 0.00914. The first kappa shape index (κ1) is 14.7. The zero-order valence-electron chi connectivity index (χ0n) is 11.8. The van der Waals surface area contributed by atoms with Gasteiger partial charge in [-0.05, 0) is 36.7 Å². The molecule has 0 saturated heterocycles. The molecule has 1 aliphatic rings. The molecule has 1 saturated carbocycles. The summed E-state index contributed by atoms with van der Waals surface area (Å²) in [5, 5.41) is 2.85. The van der Waals surface area contributed by atoms with Gasteiger partial charge in [-0.15, -0.1) is 0 Å². The lowest BCUT2D eigenvalue weighted by molar-refractivity contribution is -0.118. The minimum Gasteiger partial charge on any atom is -0.352 e. The molecular formula is C16H25NO. The lowest BCUT2D eigenvalue weighted by atomic mass is 9.92. The first-order chi connectivity index (χ1) is 8.58. The highest BCUT2D eigenvalue weighted by atomic mass is 16.1. The molecule has 100 valence electrons. The maximum atomic E-state index is 11.0. The Morgan fingerprint density at radius 2 is 2.17 bits per heavy atom. The van der Waals surface area contributed by atoms with Crippen LogP contribution in [-0.2, 0) is 4.79 Å². The summed E-state index contributed by atoms with van der Waals surface area (Å²) in [4.78, 5) is 11.0. The quantitative estimate of drug-likeness (QED) is 0.684. The first-order valence-corrected chi connectivity index (χ1v) is 6.86. The van der Waals surface area contributed by atoms with Crippen LogP contribution < -0.4 is 5.32 Å². The molecule has 0 bridgehead atoms. The van der Waals surface area contributed by atoms with Crippen LogP contribution in [0.25, 0.3) is 0 Å². The largest absolute Gasteiger partial charge is 0.352 e. The van der Waals surface area contributed by atoms with Crippen molar-refractivity contribution in [2.75, 3.05) is 6.54 Å². The Hall–Kier alpha value is -1.31. The van der Waals surface area contributed by atoms with Crippen molar-refractivity contribution in [3.8, 4) is 0 Å². The van der Waals surface area contributed by atoms with Crippen LogP contribution in [0.15, 0.2) is 36.0 Å². The lowest BCUT2D eigenvalue weighted by Gasteiger charge is -2.15. The van der Waals surface area contributed by atoms with Crippen LogP contribution in [0.5, 0.6) is 0 Å². The monoisotopic (exact) mass is 247 g/mol. The Balaban J connectivity index is 2.79. The SMILES string of the molecule is C=C/C=C(\C=C(/C(C)CC)C1CC1)CNC(C)=O. The van der Waals surface area contributed by atoms with E-state index in [1.807, 2.05) is 6.08 Å². The Morgan fingerprint density at radius 3 is 2.61 bits per heavy atom. The van der Waals surface area contributed by atoms with E-state index in [1.54, 1.807) is 13.0 Å². The molecule has 1 amide bonds. The first-order valence-electron chi connectivity index (χ1n) is 6.86. The normalized spacial score (nSPS) is 18.4. The molecule has 18 heavy (non-hydrogen) atoms. The fourth-order valence-corrected chi connectivity index (χ4v) is 2.06. The summed E-state index contributed by atoms with van der Waals surface area (Å²) in [6.07, 6.45) is 9.85. The van der Waals surface area contributed by atoms with Crippen molar-refractivity contribution in [3.05, 3.63) is 36.0 Å². The van der Waals surface area contributed by atoms with Gasteiger partial charge in [0.05, 0.1) is 0 Å². The summed E-state index contributed by atoms with van der Waals surface area (Å²) in [6, 6.07) is 0. The van der Waals surface area contributed by atoms with E-state index >= 15 is 0 Å². The number of allylic oxidation sites excluding steroid dienone is 3. The fourth-order valence-electron chi connectivity index (χ4n) is 2.06. The summed E-state index contributed by atoms with van der Waals surface area (Å²) < 4.78 is 0. The molecule has 0 aromatic rings. The molecule has 0 spiro atoms. The lowest BCUT2D eigenvalue weighted by Crippen LogP contribution is -2.22. The van der Waals surface area contributed by atoms with Crippen LogP contribution in [0, 0.1) is 11.8 Å². The number of hydrogen-bond acceptors (Lipinski definition) is 1. The van der Waals surface area contributed by atoms with E-state index in [0.717, 1.165) is 11.5 Å². The minimum atomic E-state index is 0.00914. The highest BCUT2D eigenvalue weighted by Crippen LogP contribution is 2.41. The van der Waals surface area contributed by atoms with Gasteiger partial charge in [-0.25, -0.2) is 0 Å². The van der Waals surface area contributed by atoms with Crippen LogP contribution in [0.3, 0.4) is 0 Å². The zero-order chi connectivity index (χ0) is 13.5. The summed E-state index contributed by atoms with van der Waals surface area (Å²) in [5.74, 6) is 1.41. The number of hydrogen-bond donors (Lipinski definition) is 1. The summed E-state index contributed by atoms with van der Waals surface area (Å²) in [7, 11) is 0. The highest BCUT2D eigenvalue weighted by molar-refractivity contribution is 5.73. The van der Waals surface area contributed by atoms with E-state index in [0.29, 0.717) is 12.5 Å². The van der Waals surface area contributed by atoms with Gasteiger partial charge in [0.1, 0.15) is 0 Å². The molecule has 1 unspecified atom stereocenters. The molecule has 0 aliphatic heterocycles. The third kappa shape index (κ3) is 4.91. The average molecular weight is 247 g/mol. The smallest absolute Gasteiger partial charge is 0.217 e. The standard InChI is InChI=1S/C16H25NO/c1-5-7-14(11-17-13(4)18)10-16(12(3)6-2)15-8-9-15/h5,7,10,12,15H,1,6,8-9,11H2,2-4H3,(H,17,18)/b14-7+,16-10+. The predicted octanol–water partition coefficient (Wildman–Crippen LogP) is 3.62. The van der Waals surface area contributed by atoms with Crippen molar-refractivity contribution in [2.45, 2.75) is 40.0 Å². The topological polar surface area (TPSA) is 29.1 Å². The van der Waals surface area contributed by atoms with E-state index in [-0.39, 0.29) is 5.91 Å². The molecule has 0 heterocycles. The van der Waals surface area contributed by atoms with Crippen molar-refractivity contribution in [1.82, 2.24) is 5.32 Å². The van der Waals surface area contributed by atoms with Crippen molar-refractivity contribution in [3.63, 3.8) is 0 Å². The Labute approximate surface area is 111 Å². The van der Waals surface area contributed by atoms with Gasteiger partial charge in [-0.1, -0.05) is 44.2 Å². The second kappa shape index (κ2) is 7.20. The molecule has 1 N–H and O–H groups in total. The number of carbonyl (C=O) groups is 1. The third-order valence-electron chi connectivity index (χ3n) is 3.46. The van der Waals surface area contributed by atoms with Crippen LogP contribution in [0.2, 0.25) is 0 Å². The summed E-state index contributed by atoms with van der Waals surface area (Å²) in [6.45, 7) is 10.4. The zero-order valence-corrected chi connectivity index (χ0v) is 11.8. The fraction of sp³-hybridized carbons (Fsp3) is 0.562. The Bertz CT molecular complexity index is 361. The Morgan fingerprint density at radius 1 is 1.50 bits per heavy atom. The maximum absolute atomic E-state index is 11.0. The summed E-state index contributed by atoms with van der Waals surface area (Å²) in [5.41, 5.74) is 2.68. The molecule has 1 aliphatic carbocycles. The molecule has 1 fully saturated rings. The number of amides is 1. The second-order valence-corrected chi connectivity index (χ2v) is 5.11. The van der Waals surface area contributed by atoms with Gasteiger partial charge in [0, 0.05) is 13.5 Å². The molecule has 0 aromatic heterocycles. The van der Waals surface area contributed by atoms with Gasteiger partial charge in [-0.3, -0.25) is 4.79 Å². The number of carbonyl (C=O) groups excluding carboxylic acids is 1. The van der Waals surface area contributed by atoms with Gasteiger partial charge >= 0.3 is 0 Å². The van der Waals surface area contributed by atoms with Crippen LogP contribution in [-0.4, -0.2) is 12.5 Å². The van der Waals surface area contributed by atoms with E-state index < -0.39 is 0 Å². The van der Waals surface area contributed by atoms with Gasteiger partial charge in [0.25, 0.3) is 0 Å². The molecule has 1 atom stereocenters. The van der Waals surface area contributed by atoms with E-state index in [9.17, 15) is 4.79 Å². The number of nitrogens with one attached hydrogen (secondary N) is 1. The van der Waals surface area contributed by atoms with Crippen molar-refractivity contribution in [2.24, 2.45) is 11.8 Å². The molecule has 1 rings (SSSR count). The van der Waals surface area contributed by atoms with Gasteiger partial charge < -0.3 is 5.32 Å². The van der Waals surface area contributed by atoms with Crippen LogP contribution in [0.1, 0.15) is 40.0 Å². The van der Waals surface area contributed by atoms with Crippen LogP contribution in [0.4, 0.5) is 0 Å². The van der Waals surface area contributed by atoms with Crippen molar-refractivity contribution >= 4 is 5.91 Å². The maximum Gasteiger partial charge on any atom is 0.217 e. The highest BCUT2D eigenvalue weighted by Gasteiger charge is 2.28. The van der Waals surface area contributed by atoms with Crippen molar-refractivity contribution < 1.29 is 4.79 Å². The molecule has 0 radical (unpaired) electrons. The van der Waals surface area contributed by atoms with Gasteiger partial charge in [-0.2, -0.15) is 0 Å². The van der Waals surface area contributed by atoms with E-state index in [2.05, 4.69) is 31.8 Å². The predicted molar refractivity (Wildman–Crippen MR) is 77.2 cm³/mol. The molecule has 2 heteroatoms. The second-order valence-electron chi connectivity index (χ2n) is 5.11. The third-order valence-corrected chi connectivity index (χ3v) is 3.46. The average Bonchev–Trinajstić information content (AvgIpc) is 3.15.